The summed E-state index contributed by atoms with van der Waals surface area (Å²) >= 11 is 1.40. The Kier molecular flexibility index (Phi) is 8.49. The average Bonchev–Trinajstić information content (AvgIpc) is 3.28. The van der Waals surface area contributed by atoms with E-state index in [4.69, 9.17) is 5.73 Å². The molecular weight excluding hydrogens is 434 g/mol. The van der Waals surface area contributed by atoms with Gasteiger partial charge >= 0.3 is 0 Å². The molecule has 0 radical (unpaired) electrons. The number of ketones is 1. The van der Waals surface area contributed by atoms with Crippen LogP contribution in [0.1, 0.15) is 53.4 Å². The molecule has 2 N–H and O–H groups in total. The Morgan fingerprint density at radius 2 is 1.79 bits per heavy atom. The lowest BCUT2D eigenvalue weighted by atomic mass is 10.1. The number of benzene rings is 1. The molecule has 2 heterocycles. The average molecular weight is 468 g/mol. The molecule has 2 aromatic heterocycles. The van der Waals surface area contributed by atoms with Crippen LogP contribution in [0.4, 0.5) is 0 Å². The first-order valence-corrected chi connectivity index (χ1v) is 12.3. The molecule has 0 saturated carbocycles. The minimum absolute atomic E-state index is 0.0804. The highest BCUT2D eigenvalue weighted by molar-refractivity contribution is 7.99. The number of primary amides is 1. The third kappa shape index (κ3) is 6.57. The molecule has 0 aliphatic rings. The number of aryl methyl sites for hydroxylation is 3. The summed E-state index contributed by atoms with van der Waals surface area (Å²) in [6.07, 6.45) is 1.60. The molecule has 3 rings (SSSR count). The number of Topliss-reactive ketones (excluding diaryl/α,β-unsaturated/α-hetero) is 1. The lowest BCUT2D eigenvalue weighted by molar-refractivity contribution is -0.118. The van der Waals surface area contributed by atoms with Gasteiger partial charge in [0.1, 0.15) is 5.82 Å². The normalized spacial score (nSPS) is 11.3. The number of hydrogen-bond donors (Lipinski definition) is 1. The molecule has 0 spiro atoms. The van der Waals surface area contributed by atoms with E-state index in [0.29, 0.717) is 17.5 Å². The van der Waals surface area contributed by atoms with Crippen LogP contribution < -0.4 is 5.73 Å². The zero-order chi connectivity index (χ0) is 24.0. The standard InChI is InChI=1S/C25H33N5O2S/c1-17(2)15-30-24(11-10-23(26)32)27-28-25(30)33-16-22(31)21-14-18(3)29(19(21)4)13-12-20-8-6-5-7-9-20/h5-9,14,17H,10-13,15-16H2,1-4H3,(H2,26,32). The SMILES string of the molecule is Cc1cc(C(=O)CSc2nnc(CCC(N)=O)n2CC(C)C)c(C)n1CCc1ccccc1. The van der Waals surface area contributed by atoms with Gasteiger partial charge in [0.2, 0.25) is 5.91 Å². The van der Waals surface area contributed by atoms with Crippen LogP contribution in [0.3, 0.4) is 0 Å². The van der Waals surface area contributed by atoms with Gasteiger partial charge in [-0.3, -0.25) is 9.59 Å². The van der Waals surface area contributed by atoms with E-state index in [1.807, 2.05) is 42.7 Å². The Balaban J connectivity index is 1.69. The maximum Gasteiger partial charge on any atom is 0.217 e. The van der Waals surface area contributed by atoms with Crippen molar-refractivity contribution in [2.24, 2.45) is 11.7 Å². The van der Waals surface area contributed by atoms with Gasteiger partial charge in [-0.05, 0) is 37.8 Å². The van der Waals surface area contributed by atoms with Crippen molar-refractivity contribution in [1.82, 2.24) is 19.3 Å². The molecule has 0 fully saturated rings. The second-order valence-corrected chi connectivity index (χ2v) is 9.70. The quantitative estimate of drug-likeness (QED) is 0.321. The molecule has 33 heavy (non-hydrogen) atoms. The zero-order valence-corrected chi connectivity index (χ0v) is 20.7. The molecule has 0 aliphatic carbocycles. The molecule has 8 heteroatoms. The molecule has 0 bridgehead atoms. The van der Waals surface area contributed by atoms with E-state index in [9.17, 15) is 9.59 Å². The van der Waals surface area contributed by atoms with Crippen LogP contribution in [0.2, 0.25) is 0 Å². The number of aromatic nitrogens is 4. The number of hydrogen-bond acceptors (Lipinski definition) is 5. The Hall–Kier alpha value is -2.87. The van der Waals surface area contributed by atoms with Gasteiger partial charge in [0.25, 0.3) is 0 Å². The zero-order valence-electron chi connectivity index (χ0n) is 19.9. The van der Waals surface area contributed by atoms with Crippen LogP contribution in [0.25, 0.3) is 0 Å². The lowest BCUT2D eigenvalue weighted by Gasteiger charge is -2.12. The molecule has 0 unspecified atom stereocenters. The summed E-state index contributed by atoms with van der Waals surface area (Å²) in [6.45, 7) is 9.86. The van der Waals surface area contributed by atoms with E-state index in [1.54, 1.807) is 0 Å². The summed E-state index contributed by atoms with van der Waals surface area (Å²) in [5.74, 6) is 1.12. The summed E-state index contributed by atoms with van der Waals surface area (Å²) in [5.41, 5.74) is 9.43. The molecule has 3 aromatic rings. The molecule has 0 saturated heterocycles. The van der Waals surface area contributed by atoms with Crippen LogP contribution in [0.5, 0.6) is 0 Å². The third-order valence-electron chi connectivity index (χ3n) is 5.61. The van der Waals surface area contributed by atoms with Crippen molar-refractivity contribution in [2.45, 2.75) is 65.2 Å². The molecule has 1 amide bonds. The maximum absolute atomic E-state index is 13.1. The first kappa shape index (κ1) is 24.8. The van der Waals surface area contributed by atoms with E-state index in [-0.39, 0.29) is 23.9 Å². The number of carbonyl (C=O) groups excluding carboxylic acids is 2. The first-order valence-electron chi connectivity index (χ1n) is 11.3. The van der Waals surface area contributed by atoms with E-state index in [2.05, 4.69) is 40.7 Å². The van der Waals surface area contributed by atoms with Crippen LogP contribution >= 0.6 is 11.8 Å². The summed E-state index contributed by atoms with van der Waals surface area (Å²) in [7, 11) is 0. The number of rotatable bonds is 12. The fraction of sp³-hybridized carbons (Fsp3) is 0.440. The van der Waals surface area contributed by atoms with Crippen LogP contribution in [0.15, 0.2) is 41.6 Å². The second kappa shape index (κ2) is 11.3. The molecule has 7 nitrogen and oxygen atoms in total. The van der Waals surface area contributed by atoms with Crippen molar-refractivity contribution in [3.63, 3.8) is 0 Å². The summed E-state index contributed by atoms with van der Waals surface area (Å²) in [5, 5.41) is 9.24. The van der Waals surface area contributed by atoms with Gasteiger partial charge in [0.15, 0.2) is 10.9 Å². The fourth-order valence-corrected chi connectivity index (χ4v) is 4.77. The molecule has 0 aliphatic heterocycles. The van der Waals surface area contributed by atoms with Gasteiger partial charge in [0, 0.05) is 42.9 Å². The van der Waals surface area contributed by atoms with Gasteiger partial charge in [-0.1, -0.05) is 55.9 Å². The highest BCUT2D eigenvalue weighted by Crippen LogP contribution is 2.23. The highest BCUT2D eigenvalue weighted by Gasteiger charge is 2.19. The third-order valence-corrected chi connectivity index (χ3v) is 6.58. The number of nitrogens with zero attached hydrogens (tertiary/aromatic N) is 4. The van der Waals surface area contributed by atoms with E-state index < -0.39 is 0 Å². The first-order chi connectivity index (χ1) is 15.8. The topological polar surface area (TPSA) is 95.8 Å². The summed E-state index contributed by atoms with van der Waals surface area (Å²) in [4.78, 5) is 24.3. The highest BCUT2D eigenvalue weighted by atomic mass is 32.2. The fourth-order valence-electron chi connectivity index (χ4n) is 3.92. The van der Waals surface area contributed by atoms with Gasteiger partial charge in [-0.25, -0.2) is 0 Å². The van der Waals surface area contributed by atoms with Gasteiger partial charge in [-0.15, -0.1) is 10.2 Å². The lowest BCUT2D eigenvalue weighted by Crippen LogP contribution is -2.15. The number of carbonyl (C=O) groups is 2. The second-order valence-electron chi connectivity index (χ2n) is 8.75. The molecule has 176 valence electrons. The predicted octanol–water partition coefficient (Wildman–Crippen LogP) is 3.99. The number of thioether (sulfide) groups is 1. The van der Waals surface area contributed by atoms with Crippen LogP contribution in [0, 0.1) is 19.8 Å². The van der Waals surface area contributed by atoms with E-state index >= 15 is 0 Å². The smallest absolute Gasteiger partial charge is 0.217 e. The molecule has 1 aromatic carbocycles. The summed E-state index contributed by atoms with van der Waals surface area (Å²) < 4.78 is 4.22. The Labute approximate surface area is 199 Å². The number of amides is 1. The van der Waals surface area contributed by atoms with E-state index in [0.717, 1.165) is 42.3 Å². The monoisotopic (exact) mass is 467 g/mol. The van der Waals surface area contributed by atoms with Crippen LogP contribution in [-0.4, -0.2) is 36.8 Å². The van der Waals surface area contributed by atoms with Crippen LogP contribution in [-0.2, 0) is 30.7 Å². The van der Waals surface area contributed by atoms with Crippen molar-refractivity contribution in [3.05, 3.63) is 64.7 Å². The van der Waals surface area contributed by atoms with Crippen molar-refractivity contribution in [3.8, 4) is 0 Å². The van der Waals surface area contributed by atoms with Gasteiger partial charge in [-0.2, -0.15) is 0 Å². The van der Waals surface area contributed by atoms with Gasteiger partial charge < -0.3 is 14.9 Å². The summed E-state index contributed by atoms with van der Waals surface area (Å²) in [6, 6.07) is 12.4. The maximum atomic E-state index is 13.1. The largest absolute Gasteiger partial charge is 0.370 e. The minimum Gasteiger partial charge on any atom is -0.370 e. The van der Waals surface area contributed by atoms with Crippen molar-refractivity contribution in [2.75, 3.05) is 5.75 Å². The number of nitrogens with two attached hydrogens (primary N) is 1. The molecular formula is C25H33N5O2S. The minimum atomic E-state index is -0.360. The van der Waals surface area contributed by atoms with Gasteiger partial charge in [0.05, 0.1) is 5.75 Å². The van der Waals surface area contributed by atoms with E-state index in [1.165, 1.54) is 17.3 Å². The Morgan fingerprint density at radius 3 is 2.45 bits per heavy atom. The van der Waals surface area contributed by atoms with Crippen molar-refractivity contribution in [1.29, 1.82) is 0 Å². The van der Waals surface area contributed by atoms with Crippen molar-refractivity contribution < 1.29 is 9.59 Å². The predicted molar refractivity (Wildman–Crippen MR) is 131 cm³/mol. The Bertz CT molecular complexity index is 1100. The molecule has 0 atom stereocenters. The Morgan fingerprint density at radius 1 is 1.06 bits per heavy atom. The van der Waals surface area contributed by atoms with Crippen molar-refractivity contribution >= 4 is 23.5 Å².